The Morgan fingerprint density at radius 3 is 2.64 bits per heavy atom. The van der Waals surface area contributed by atoms with Gasteiger partial charge in [0.15, 0.2) is 11.6 Å². The number of carbonyl (C=O) groups excluding carboxylic acids is 2. The second kappa shape index (κ2) is 8.67. The minimum atomic E-state index is -0.612. The average Bonchev–Trinajstić information content (AvgIpc) is 2.64. The van der Waals surface area contributed by atoms with Gasteiger partial charge in [0.25, 0.3) is 5.91 Å². The maximum Gasteiger partial charge on any atom is 0.255 e. The maximum atomic E-state index is 13.9. The predicted octanol–water partition coefficient (Wildman–Crippen LogP) is 3.94. The fourth-order valence-electron chi connectivity index (χ4n) is 2.80. The third-order valence-corrected chi connectivity index (χ3v) is 4.92. The van der Waals surface area contributed by atoms with Gasteiger partial charge in [0, 0.05) is 31.1 Å². The smallest absolute Gasteiger partial charge is 0.255 e. The normalized spacial score (nSPS) is 16.3. The fraction of sp³-hybridized carbons (Fsp3) is 0.263. The Balaban J connectivity index is 1.86. The zero-order valence-electron chi connectivity index (χ0n) is 14.9. The summed E-state index contributed by atoms with van der Waals surface area (Å²) < 4.78 is 24.5. The molecule has 2 aromatic carbocycles. The summed E-state index contributed by atoms with van der Waals surface area (Å²) in [4.78, 5) is 24.3. The Hall–Kier alpha value is -2.51. The Labute approximate surface area is 170 Å². The number of amides is 2. The molecule has 1 saturated heterocycles. The van der Waals surface area contributed by atoms with E-state index in [0.29, 0.717) is 13.0 Å². The molecule has 28 heavy (non-hydrogen) atoms. The van der Waals surface area contributed by atoms with Crippen molar-refractivity contribution in [2.45, 2.75) is 18.9 Å². The highest BCUT2D eigenvalue weighted by Crippen LogP contribution is 2.34. The number of rotatable bonds is 5. The van der Waals surface area contributed by atoms with E-state index in [1.54, 1.807) is 0 Å². The van der Waals surface area contributed by atoms with Gasteiger partial charge in [-0.3, -0.25) is 9.59 Å². The summed E-state index contributed by atoms with van der Waals surface area (Å²) in [5.41, 5.74) is 0.122. The summed E-state index contributed by atoms with van der Waals surface area (Å²) in [6.45, 7) is 0.486. The molecule has 2 aromatic rings. The van der Waals surface area contributed by atoms with Gasteiger partial charge in [0.05, 0.1) is 22.7 Å². The first-order valence-corrected chi connectivity index (χ1v) is 9.21. The van der Waals surface area contributed by atoms with Crippen LogP contribution in [0.15, 0.2) is 30.3 Å². The first-order chi connectivity index (χ1) is 13.4. The summed E-state index contributed by atoms with van der Waals surface area (Å²) >= 11 is 12.1. The van der Waals surface area contributed by atoms with Crippen molar-refractivity contribution in [3.05, 3.63) is 51.8 Å². The summed E-state index contributed by atoms with van der Waals surface area (Å²) in [7, 11) is 1.35. The van der Waals surface area contributed by atoms with Crippen molar-refractivity contribution >= 4 is 35.0 Å². The predicted molar refractivity (Wildman–Crippen MR) is 103 cm³/mol. The van der Waals surface area contributed by atoms with E-state index in [4.69, 9.17) is 32.7 Å². The molecule has 3 rings (SSSR count). The monoisotopic (exact) mass is 426 g/mol. The molecule has 0 aromatic heterocycles. The minimum absolute atomic E-state index is 0.0648. The van der Waals surface area contributed by atoms with Gasteiger partial charge in [-0.1, -0.05) is 23.2 Å². The molecule has 148 valence electrons. The molecule has 0 spiro atoms. The van der Waals surface area contributed by atoms with Crippen LogP contribution in [0, 0.1) is 5.82 Å². The Morgan fingerprint density at radius 2 is 1.96 bits per heavy atom. The van der Waals surface area contributed by atoms with E-state index in [1.807, 2.05) is 0 Å². The summed E-state index contributed by atoms with van der Waals surface area (Å²) in [6.07, 6.45) is 0.797. The van der Waals surface area contributed by atoms with Crippen molar-refractivity contribution in [2.24, 2.45) is 0 Å². The zero-order chi connectivity index (χ0) is 20.3. The second-order valence-electron chi connectivity index (χ2n) is 6.17. The number of hydrogen-bond donors (Lipinski definition) is 2. The van der Waals surface area contributed by atoms with Crippen LogP contribution in [-0.2, 0) is 4.79 Å². The van der Waals surface area contributed by atoms with Crippen LogP contribution in [0.3, 0.4) is 0 Å². The van der Waals surface area contributed by atoms with Gasteiger partial charge < -0.3 is 20.1 Å². The standard InChI is InChI=1S/C19H17Cl2FN2O4/c1-27-16-3-2-11(7-15(16)22)28-17-9-14(21)13(20)8-12(17)19(26)24-10-4-5-23-18(25)6-10/h2-3,7-10H,4-6H2,1H3,(H,23,25)(H,24,26). The molecule has 1 aliphatic rings. The Bertz CT molecular complexity index is 923. The van der Waals surface area contributed by atoms with Crippen molar-refractivity contribution in [3.8, 4) is 17.2 Å². The van der Waals surface area contributed by atoms with Crippen LogP contribution >= 0.6 is 23.2 Å². The van der Waals surface area contributed by atoms with Crippen LogP contribution in [0.1, 0.15) is 23.2 Å². The Kier molecular flexibility index (Phi) is 6.26. The van der Waals surface area contributed by atoms with E-state index in [1.165, 1.54) is 31.4 Å². The quantitative estimate of drug-likeness (QED) is 0.758. The van der Waals surface area contributed by atoms with E-state index in [2.05, 4.69) is 10.6 Å². The molecule has 0 radical (unpaired) electrons. The molecule has 1 atom stereocenters. The highest BCUT2D eigenvalue weighted by Gasteiger charge is 2.24. The van der Waals surface area contributed by atoms with E-state index < -0.39 is 11.7 Å². The number of methoxy groups -OCH3 is 1. The lowest BCUT2D eigenvalue weighted by atomic mass is 10.1. The summed E-state index contributed by atoms with van der Waals surface area (Å²) in [5, 5.41) is 5.84. The molecule has 2 amide bonds. The number of hydrogen-bond acceptors (Lipinski definition) is 4. The van der Waals surface area contributed by atoms with Gasteiger partial charge in [-0.25, -0.2) is 4.39 Å². The highest BCUT2D eigenvalue weighted by atomic mass is 35.5. The number of benzene rings is 2. The van der Waals surface area contributed by atoms with Crippen molar-refractivity contribution in [1.29, 1.82) is 0 Å². The lowest BCUT2D eigenvalue weighted by Crippen LogP contribution is -2.45. The minimum Gasteiger partial charge on any atom is -0.494 e. The number of halogens is 3. The molecule has 1 fully saturated rings. The molecule has 1 aliphatic heterocycles. The van der Waals surface area contributed by atoms with Crippen LogP contribution in [0.4, 0.5) is 4.39 Å². The largest absolute Gasteiger partial charge is 0.494 e. The van der Waals surface area contributed by atoms with Gasteiger partial charge in [-0.15, -0.1) is 0 Å². The second-order valence-corrected chi connectivity index (χ2v) is 6.99. The third-order valence-electron chi connectivity index (χ3n) is 4.20. The molecule has 6 nitrogen and oxygen atoms in total. The Morgan fingerprint density at radius 1 is 1.21 bits per heavy atom. The van der Waals surface area contributed by atoms with Crippen LogP contribution in [-0.4, -0.2) is 31.5 Å². The van der Waals surface area contributed by atoms with Crippen molar-refractivity contribution in [3.63, 3.8) is 0 Å². The van der Waals surface area contributed by atoms with Crippen LogP contribution in [0.2, 0.25) is 10.0 Å². The number of piperidine rings is 1. The molecule has 2 N–H and O–H groups in total. The molecule has 0 bridgehead atoms. The van der Waals surface area contributed by atoms with Crippen LogP contribution in [0.25, 0.3) is 0 Å². The molecule has 1 heterocycles. The van der Waals surface area contributed by atoms with Crippen molar-refractivity contribution in [1.82, 2.24) is 10.6 Å². The van der Waals surface area contributed by atoms with E-state index >= 15 is 0 Å². The SMILES string of the molecule is COc1ccc(Oc2cc(Cl)c(Cl)cc2C(=O)NC2CCNC(=O)C2)cc1F. The number of nitrogens with one attached hydrogen (secondary N) is 2. The van der Waals surface area contributed by atoms with Gasteiger partial charge in [0.2, 0.25) is 5.91 Å². The number of carbonyl (C=O) groups is 2. The van der Waals surface area contributed by atoms with E-state index in [9.17, 15) is 14.0 Å². The van der Waals surface area contributed by atoms with Crippen molar-refractivity contribution < 1.29 is 23.5 Å². The first kappa shape index (κ1) is 20.2. The first-order valence-electron chi connectivity index (χ1n) is 8.45. The highest BCUT2D eigenvalue weighted by molar-refractivity contribution is 6.42. The van der Waals surface area contributed by atoms with E-state index in [-0.39, 0.29) is 51.2 Å². The van der Waals surface area contributed by atoms with Gasteiger partial charge in [-0.2, -0.15) is 0 Å². The molecular weight excluding hydrogens is 410 g/mol. The molecule has 0 saturated carbocycles. The van der Waals surface area contributed by atoms with Crippen LogP contribution in [0.5, 0.6) is 17.2 Å². The fourth-order valence-corrected chi connectivity index (χ4v) is 3.12. The van der Waals surface area contributed by atoms with Crippen LogP contribution < -0.4 is 20.1 Å². The van der Waals surface area contributed by atoms with Crippen molar-refractivity contribution in [2.75, 3.05) is 13.7 Å². The summed E-state index contributed by atoms with van der Waals surface area (Å²) in [6, 6.07) is 6.49. The maximum absolute atomic E-state index is 13.9. The topological polar surface area (TPSA) is 76.7 Å². The van der Waals surface area contributed by atoms with Gasteiger partial charge in [0.1, 0.15) is 11.5 Å². The van der Waals surface area contributed by atoms with Gasteiger partial charge in [-0.05, 0) is 24.6 Å². The number of ether oxygens (including phenoxy) is 2. The molecule has 1 unspecified atom stereocenters. The molecule has 0 aliphatic carbocycles. The third kappa shape index (κ3) is 4.66. The average molecular weight is 427 g/mol. The molecular formula is C19H17Cl2FN2O4. The summed E-state index contributed by atoms with van der Waals surface area (Å²) in [5.74, 6) is -0.882. The molecule has 9 heteroatoms. The lowest BCUT2D eigenvalue weighted by molar-refractivity contribution is -0.122. The van der Waals surface area contributed by atoms with E-state index in [0.717, 1.165) is 6.07 Å². The van der Waals surface area contributed by atoms with Gasteiger partial charge >= 0.3 is 0 Å². The lowest BCUT2D eigenvalue weighted by Gasteiger charge is -2.23. The zero-order valence-corrected chi connectivity index (χ0v) is 16.4.